The van der Waals surface area contributed by atoms with Crippen molar-refractivity contribution in [1.82, 2.24) is 14.2 Å². The molecular weight excluding hydrogens is 163 g/mol. The summed E-state index contributed by atoms with van der Waals surface area (Å²) in [6, 6.07) is 0. The second-order valence-corrected chi connectivity index (χ2v) is 3.82. The van der Waals surface area contributed by atoms with Crippen LogP contribution in [0.1, 0.15) is 0 Å². The Bertz CT molecular complexity index is 169. The summed E-state index contributed by atoms with van der Waals surface area (Å²) in [7, 11) is 8.13. The molecule has 0 spiro atoms. The fraction of sp³-hybridized carbons (Fsp3) is 1.00. The van der Waals surface area contributed by atoms with Gasteiger partial charge < -0.3 is 18.8 Å². The molecule has 13 heavy (non-hydrogen) atoms. The van der Waals surface area contributed by atoms with Gasteiger partial charge in [0.2, 0.25) is 0 Å². The first-order chi connectivity index (χ1) is 6.00. The Morgan fingerprint density at radius 2 is 1.23 bits per heavy atom. The predicted molar refractivity (Wildman–Crippen MR) is 59.3 cm³/mol. The predicted octanol–water partition coefficient (Wildman–Crippen LogP) is -0.337. The fourth-order valence-electron chi connectivity index (χ4n) is 1.88. The Morgan fingerprint density at radius 3 is 1.54 bits per heavy atom. The van der Waals surface area contributed by atoms with Crippen molar-refractivity contribution in [2.24, 2.45) is 0 Å². The molecule has 1 rings (SSSR count). The van der Waals surface area contributed by atoms with Crippen molar-refractivity contribution in [3.05, 3.63) is 0 Å². The Labute approximate surface area is 82.6 Å². The van der Waals surface area contributed by atoms with E-state index in [0.717, 1.165) is 0 Å². The third-order valence-corrected chi connectivity index (χ3v) is 3.27. The van der Waals surface area contributed by atoms with Crippen LogP contribution >= 0.6 is 0 Å². The van der Waals surface area contributed by atoms with Gasteiger partial charge in [-0.25, -0.2) is 0 Å². The summed E-state index contributed by atoms with van der Waals surface area (Å²) in [5.74, 6) is 0. The molecule has 0 N–H and O–H groups in total. The molecule has 0 radical (unpaired) electrons. The van der Waals surface area contributed by atoms with Gasteiger partial charge in [-0.1, -0.05) is 13.6 Å². The van der Waals surface area contributed by atoms with E-state index in [1.54, 1.807) is 7.11 Å². The van der Waals surface area contributed by atoms with Gasteiger partial charge in [0.1, 0.15) is 0 Å². The number of hydrogen-bond acceptors (Lipinski definition) is 4. The van der Waals surface area contributed by atoms with Crippen LogP contribution < -0.4 is 0 Å². The summed E-state index contributed by atoms with van der Waals surface area (Å²) in [4.78, 5) is 0. The highest BCUT2D eigenvalue weighted by Crippen LogP contribution is 2.14. The summed E-state index contributed by atoms with van der Waals surface area (Å²) >= 11 is 0. The van der Waals surface area contributed by atoms with E-state index in [2.05, 4.69) is 49.0 Å². The first kappa shape index (κ1) is 11.1. The Morgan fingerprint density at radius 1 is 0.846 bits per heavy atom. The van der Waals surface area contributed by atoms with E-state index in [1.807, 2.05) is 0 Å². The van der Waals surface area contributed by atoms with Crippen LogP contribution in [0.15, 0.2) is 0 Å². The molecule has 1 saturated heterocycles. The molecule has 0 saturated carbocycles. The maximum atomic E-state index is 5.43. The molecule has 0 aromatic rings. The second kappa shape index (κ2) is 4.04. The largest absolute Gasteiger partial charge is 0.457 e. The number of nitrogens with zero attached hydrogens (tertiary/aromatic N) is 3. The molecule has 0 aliphatic carbocycles. The maximum absolute atomic E-state index is 5.43. The molecule has 0 bridgehead atoms. The lowest BCUT2D eigenvalue weighted by molar-refractivity contribution is 0.327. The molecule has 1 aliphatic heterocycles. The summed E-state index contributed by atoms with van der Waals surface area (Å²) in [5, 5.41) is 0. The lowest BCUT2D eigenvalue weighted by Gasteiger charge is -2.47. The van der Waals surface area contributed by atoms with Gasteiger partial charge in [-0.2, -0.15) is 0 Å². The summed E-state index contributed by atoms with van der Waals surface area (Å²) < 4.78 is 12.2. The molecule has 1 fully saturated rings. The first-order valence-electron chi connectivity index (χ1n) is 4.69. The van der Waals surface area contributed by atoms with E-state index in [1.165, 1.54) is 0 Å². The van der Waals surface area contributed by atoms with Crippen molar-refractivity contribution in [3.63, 3.8) is 0 Å². The average molecular weight is 181 g/mol. The zero-order chi connectivity index (χ0) is 10.2. The van der Waals surface area contributed by atoms with Crippen LogP contribution in [0.4, 0.5) is 0 Å². The van der Waals surface area contributed by atoms with Crippen molar-refractivity contribution < 1.29 is 4.65 Å². The second-order valence-electron chi connectivity index (χ2n) is 3.82. The molecule has 0 atom stereocenters. The van der Waals surface area contributed by atoms with Crippen molar-refractivity contribution in [1.29, 1.82) is 0 Å². The lowest BCUT2D eigenvalue weighted by Crippen LogP contribution is -2.73. The Hall–Kier alpha value is 0.0348. The van der Waals surface area contributed by atoms with Gasteiger partial charge in [0.25, 0.3) is 14.0 Å². The van der Waals surface area contributed by atoms with Crippen molar-refractivity contribution in [3.8, 4) is 0 Å². The standard InChI is InChI=1S/C6H18B3N3O/c1-7-10(3)8(2)12(5)9(13-6)11(7)4/h1-6H3. The molecule has 1 heterocycles. The van der Waals surface area contributed by atoms with Crippen molar-refractivity contribution >= 4 is 21.2 Å². The summed E-state index contributed by atoms with van der Waals surface area (Å²) in [6.45, 7) is 5.21. The highest BCUT2D eigenvalue weighted by Gasteiger charge is 2.45. The van der Waals surface area contributed by atoms with E-state index >= 15 is 0 Å². The van der Waals surface area contributed by atoms with Crippen LogP contribution in [0, 0.1) is 0 Å². The topological polar surface area (TPSA) is 19.0 Å². The third-order valence-electron chi connectivity index (χ3n) is 3.27. The molecule has 0 amide bonds. The fourth-order valence-corrected chi connectivity index (χ4v) is 1.88. The van der Waals surface area contributed by atoms with Crippen LogP contribution in [-0.4, -0.2) is 63.6 Å². The number of hydrogen-bond donors (Lipinski definition) is 0. The van der Waals surface area contributed by atoms with E-state index in [0.29, 0.717) is 14.0 Å². The van der Waals surface area contributed by atoms with Gasteiger partial charge in [-0.05, 0) is 21.1 Å². The zero-order valence-electron chi connectivity index (χ0n) is 9.48. The zero-order valence-corrected chi connectivity index (χ0v) is 9.48. The van der Waals surface area contributed by atoms with Gasteiger partial charge in [-0.3, -0.25) is 0 Å². The van der Waals surface area contributed by atoms with Crippen molar-refractivity contribution in [2.45, 2.75) is 13.6 Å². The molecule has 0 aromatic heterocycles. The minimum Gasteiger partial charge on any atom is -0.412 e. The highest BCUT2D eigenvalue weighted by molar-refractivity contribution is 6.83. The molecule has 72 valence electrons. The van der Waals surface area contributed by atoms with Gasteiger partial charge in [0.15, 0.2) is 0 Å². The first-order valence-corrected chi connectivity index (χ1v) is 4.69. The summed E-state index contributed by atoms with van der Waals surface area (Å²) in [6.07, 6.45) is 0. The minimum atomic E-state index is 0.0844. The molecule has 0 unspecified atom stereocenters. The maximum Gasteiger partial charge on any atom is 0.457 e. The highest BCUT2D eigenvalue weighted by atomic mass is 16.4. The van der Waals surface area contributed by atoms with Crippen LogP contribution in [0.5, 0.6) is 0 Å². The monoisotopic (exact) mass is 181 g/mol. The van der Waals surface area contributed by atoms with Crippen LogP contribution in [-0.2, 0) is 4.65 Å². The van der Waals surface area contributed by atoms with Gasteiger partial charge in [0.05, 0.1) is 0 Å². The quantitative estimate of drug-likeness (QED) is 0.514. The van der Waals surface area contributed by atoms with E-state index in [-0.39, 0.29) is 7.19 Å². The molecule has 0 aromatic carbocycles. The average Bonchev–Trinajstić information content (AvgIpc) is 2.13. The SMILES string of the molecule is COB1N(C)B(C)N(C)B(C)N1C. The molecule has 1 aliphatic rings. The van der Waals surface area contributed by atoms with Crippen LogP contribution in [0.2, 0.25) is 13.6 Å². The Balaban J connectivity index is 2.79. The van der Waals surface area contributed by atoms with Crippen LogP contribution in [0.25, 0.3) is 0 Å². The van der Waals surface area contributed by atoms with Gasteiger partial charge in [0, 0.05) is 7.11 Å². The molecule has 4 nitrogen and oxygen atoms in total. The molecule has 7 heteroatoms. The molecular formula is C6H18B3N3O. The van der Waals surface area contributed by atoms with Gasteiger partial charge >= 0.3 is 7.19 Å². The smallest absolute Gasteiger partial charge is 0.412 e. The van der Waals surface area contributed by atoms with E-state index in [9.17, 15) is 0 Å². The number of rotatable bonds is 1. The van der Waals surface area contributed by atoms with E-state index in [4.69, 9.17) is 4.65 Å². The van der Waals surface area contributed by atoms with Crippen LogP contribution in [0.3, 0.4) is 0 Å². The third kappa shape index (κ3) is 1.79. The van der Waals surface area contributed by atoms with E-state index < -0.39 is 0 Å². The van der Waals surface area contributed by atoms with Gasteiger partial charge in [-0.15, -0.1) is 0 Å². The van der Waals surface area contributed by atoms with Crippen molar-refractivity contribution in [2.75, 3.05) is 28.3 Å². The lowest BCUT2D eigenvalue weighted by atomic mass is 9.50. The normalized spacial score (nSPS) is 23.1. The Kier molecular flexibility index (Phi) is 3.46. The summed E-state index contributed by atoms with van der Waals surface area (Å²) in [5.41, 5.74) is 0. The minimum absolute atomic E-state index is 0.0844.